The van der Waals surface area contributed by atoms with Crippen LogP contribution in [0.4, 0.5) is 0 Å². The normalized spacial score (nSPS) is 48.2. The van der Waals surface area contributed by atoms with E-state index in [2.05, 4.69) is 5.32 Å². The number of nitrogens with one attached hydrogen (secondary N) is 1. The third-order valence-electron chi connectivity index (χ3n) is 4.67. The minimum absolute atomic E-state index is 0.0688. The fourth-order valence-corrected chi connectivity index (χ4v) is 3.81. The monoisotopic (exact) mass is 225 g/mol. The molecule has 3 heteroatoms. The molecule has 5 unspecified atom stereocenters. The van der Waals surface area contributed by atoms with Gasteiger partial charge < -0.3 is 15.2 Å². The third-order valence-corrected chi connectivity index (χ3v) is 4.67. The van der Waals surface area contributed by atoms with Crippen molar-refractivity contribution in [2.45, 2.75) is 56.7 Å². The van der Waals surface area contributed by atoms with Crippen molar-refractivity contribution >= 4 is 0 Å². The minimum atomic E-state index is -0.0688. The van der Waals surface area contributed by atoms with Crippen LogP contribution in [0.15, 0.2) is 0 Å². The maximum atomic E-state index is 10.2. The molecule has 0 saturated carbocycles. The van der Waals surface area contributed by atoms with Gasteiger partial charge in [-0.15, -0.1) is 0 Å². The van der Waals surface area contributed by atoms with Gasteiger partial charge in [0.1, 0.15) is 0 Å². The molecule has 92 valence electrons. The molecule has 3 saturated heterocycles. The van der Waals surface area contributed by atoms with E-state index in [0.29, 0.717) is 23.9 Å². The largest absolute Gasteiger partial charge is 0.393 e. The summed E-state index contributed by atoms with van der Waals surface area (Å²) in [4.78, 5) is 0. The van der Waals surface area contributed by atoms with E-state index in [9.17, 15) is 5.11 Å². The molecule has 16 heavy (non-hydrogen) atoms. The van der Waals surface area contributed by atoms with Crippen LogP contribution >= 0.6 is 0 Å². The summed E-state index contributed by atoms with van der Waals surface area (Å²) in [6.07, 6.45) is 7.08. The van der Waals surface area contributed by atoms with Gasteiger partial charge in [0.05, 0.1) is 6.10 Å². The molecule has 0 aromatic carbocycles. The maximum absolute atomic E-state index is 10.2. The Bertz CT molecular complexity index is 240. The topological polar surface area (TPSA) is 41.5 Å². The summed E-state index contributed by atoms with van der Waals surface area (Å²) in [5.74, 6) is 1.16. The molecule has 0 aromatic rings. The zero-order valence-electron chi connectivity index (χ0n) is 9.90. The van der Waals surface area contributed by atoms with Crippen molar-refractivity contribution in [2.75, 3.05) is 13.2 Å². The summed E-state index contributed by atoms with van der Waals surface area (Å²) in [7, 11) is 0. The van der Waals surface area contributed by atoms with Crippen LogP contribution in [-0.4, -0.2) is 36.5 Å². The number of hydrogen-bond acceptors (Lipinski definition) is 3. The van der Waals surface area contributed by atoms with E-state index < -0.39 is 0 Å². The number of aliphatic hydroxyl groups is 1. The van der Waals surface area contributed by atoms with Crippen LogP contribution in [0.3, 0.4) is 0 Å². The Morgan fingerprint density at radius 1 is 1.25 bits per heavy atom. The average Bonchev–Trinajstić information content (AvgIpc) is 2.70. The average molecular weight is 225 g/mol. The van der Waals surface area contributed by atoms with Crippen molar-refractivity contribution in [1.29, 1.82) is 0 Å². The molecule has 3 rings (SSSR count). The zero-order valence-corrected chi connectivity index (χ0v) is 9.90. The van der Waals surface area contributed by atoms with Gasteiger partial charge in [-0.2, -0.15) is 0 Å². The lowest BCUT2D eigenvalue weighted by Crippen LogP contribution is -2.49. The number of piperidine rings is 1. The Hall–Kier alpha value is -0.120. The highest BCUT2D eigenvalue weighted by atomic mass is 16.5. The first-order valence-electron chi connectivity index (χ1n) is 6.85. The molecule has 3 nitrogen and oxygen atoms in total. The molecule has 3 fully saturated rings. The van der Waals surface area contributed by atoms with Crippen molar-refractivity contribution in [3.8, 4) is 0 Å². The lowest BCUT2D eigenvalue weighted by atomic mass is 9.80. The van der Waals surface area contributed by atoms with Crippen LogP contribution in [0, 0.1) is 11.8 Å². The molecule has 0 amide bonds. The van der Waals surface area contributed by atoms with Gasteiger partial charge in [0, 0.05) is 31.2 Å². The van der Waals surface area contributed by atoms with E-state index in [1.54, 1.807) is 0 Å². The second kappa shape index (κ2) is 4.63. The summed E-state index contributed by atoms with van der Waals surface area (Å²) in [6.45, 7) is 1.85. The van der Waals surface area contributed by atoms with Gasteiger partial charge in [-0.05, 0) is 44.4 Å². The quantitative estimate of drug-likeness (QED) is 0.744. The fourth-order valence-electron chi connectivity index (χ4n) is 3.81. The smallest absolute Gasteiger partial charge is 0.0598 e. The fraction of sp³-hybridized carbons (Fsp3) is 1.00. The summed E-state index contributed by atoms with van der Waals surface area (Å²) < 4.78 is 5.54. The van der Waals surface area contributed by atoms with Gasteiger partial charge in [0.2, 0.25) is 0 Å². The van der Waals surface area contributed by atoms with Gasteiger partial charge in [0.15, 0.2) is 0 Å². The van der Waals surface area contributed by atoms with Crippen molar-refractivity contribution in [1.82, 2.24) is 5.32 Å². The predicted molar refractivity (Wildman–Crippen MR) is 62.2 cm³/mol. The van der Waals surface area contributed by atoms with Gasteiger partial charge in [-0.1, -0.05) is 0 Å². The van der Waals surface area contributed by atoms with Crippen LogP contribution in [0.5, 0.6) is 0 Å². The standard InChI is InChI=1S/C13H23NO2/c15-13-7-10-3-4-12(14-10)11(13)6-9-2-1-5-16-8-9/h9-15H,1-8H2. The summed E-state index contributed by atoms with van der Waals surface area (Å²) in [6, 6.07) is 1.18. The Morgan fingerprint density at radius 2 is 2.19 bits per heavy atom. The first-order chi connectivity index (χ1) is 7.83. The third kappa shape index (κ3) is 2.13. The molecule has 5 atom stereocenters. The number of aliphatic hydroxyl groups excluding tert-OH is 1. The van der Waals surface area contributed by atoms with E-state index in [0.717, 1.165) is 26.1 Å². The predicted octanol–water partition coefficient (Wildman–Crippen LogP) is 1.30. The highest BCUT2D eigenvalue weighted by molar-refractivity contribution is 4.98. The van der Waals surface area contributed by atoms with E-state index in [4.69, 9.17) is 4.74 Å². The molecular weight excluding hydrogens is 202 g/mol. The number of fused-ring (bicyclic) bond motifs is 2. The molecule has 0 spiro atoms. The molecule has 3 heterocycles. The van der Waals surface area contributed by atoms with Crippen LogP contribution < -0.4 is 5.32 Å². The number of hydrogen-bond donors (Lipinski definition) is 2. The van der Waals surface area contributed by atoms with Crippen molar-refractivity contribution < 1.29 is 9.84 Å². The minimum Gasteiger partial charge on any atom is -0.393 e. The van der Waals surface area contributed by atoms with Crippen molar-refractivity contribution in [3.05, 3.63) is 0 Å². The summed E-state index contributed by atoms with van der Waals surface area (Å²) in [5, 5.41) is 13.9. The molecule has 0 radical (unpaired) electrons. The summed E-state index contributed by atoms with van der Waals surface area (Å²) >= 11 is 0. The highest BCUT2D eigenvalue weighted by Gasteiger charge is 2.41. The summed E-state index contributed by atoms with van der Waals surface area (Å²) in [5.41, 5.74) is 0. The molecular formula is C13H23NO2. The van der Waals surface area contributed by atoms with Crippen molar-refractivity contribution in [3.63, 3.8) is 0 Å². The first-order valence-corrected chi connectivity index (χ1v) is 6.85. The van der Waals surface area contributed by atoms with Crippen LogP contribution in [-0.2, 0) is 4.74 Å². The van der Waals surface area contributed by atoms with Crippen LogP contribution in [0.1, 0.15) is 38.5 Å². The number of ether oxygens (including phenoxy) is 1. The molecule has 3 aliphatic heterocycles. The van der Waals surface area contributed by atoms with E-state index in [-0.39, 0.29) is 6.10 Å². The lowest BCUT2D eigenvalue weighted by Gasteiger charge is -2.37. The SMILES string of the molecule is OC1CC2CCC(N2)C1CC1CCCOC1. The Labute approximate surface area is 97.6 Å². The van der Waals surface area contributed by atoms with E-state index in [1.165, 1.54) is 25.7 Å². The van der Waals surface area contributed by atoms with E-state index in [1.807, 2.05) is 0 Å². The van der Waals surface area contributed by atoms with E-state index >= 15 is 0 Å². The van der Waals surface area contributed by atoms with Crippen LogP contribution in [0.2, 0.25) is 0 Å². The maximum Gasteiger partial charge on any atom is 0.0598 e. The number of rotatable bonds is 2. The molecule has 2 N–H and O–H groups in total. The second-order valence-corrected chi connectivity index (χ2v) is 5.83. The Morgan fingerprint density at radius 3 is 3.00 bits per heavy atom. The van der Waals surface area contributed by atoms with Gasteiger partial charge >= 0.3 is 0 Å². The van der Waals surface area contributed by atoms with Crippen LogP contribution in [0.25, 0.3) is 0 Å². The molecule has 0 aromatic heterocycles. The molecule has 3 aliphatic rings. The Balaban J connectivity index is 1.59. The highest BCUT2D eigenvalue weighted by Crippen LogP contribution is 2.36. The zero-order chi connectivity index (χ0) is 11.0. The van der Waals surface area contributed by atoms with Gasteiger partial charge in [-0.25, -0.2) is 0 Å². The Kier molecular flexibility index (Phi) is 3.18. The molecule has 0 aliphatic carbocycles. The first kappa shape index (κ1) is 11.0. The van der Waals surface area contributed by atoms with Gasteiger partial charge in [0.25, 0.3) is 0 Å². The van der Waals surface area contributed by atoms with Gasteiger partial charge in [-0.3, -0.25) is 0 Å². The second-order valence-electron chi connectivity index (χ2n) is 5.83. The molecule has 2 bridgehead atoms. The lowest BCUT2D eigenvalue weighted by molar-refractivity contribution is 0.00446. The van der Waals surface area contributed by atoms with Crippen molar-refractivity contribution in [2.24, 2.45) is 11.8 Å².